The average molecular weight is 424 g/mol. The zero-order valence-electron chi connectivity index (χ0n) is 16.7. The number of hydrogen-bond acceptors (Lipinski definition) is 2. The Labute approximate surface area is 172 Å². The maximum absolute atomic E-state index is 11.3. The van der Waals surface area contributed by atoms with Crippen LogP contribution in [0.15, 0.2) is 72.9 Å². The van der Waals surface area contributed by atoms with Crippen molar-refractivity contribution in [3.8, 4) is 0 Å². The molecule has 0 aromatic heterocycles. The van der Waals surface area contributed by atoms with E-state index in [1.807, 2.05) is 30.4 Å². The molecule has 2 nitrogen and oxygen atoms in total. The molecule has 0 aromatic rings. The van der Waals surface area contributed by atoms with Gasteiger partial charge in [0.1, 0.15) is 0 Å². The van der Waals surface area contributed by atoms with E-state index < -0.39 is 0 Å². The standard InChI is InChI=1S/C22H35O2P3/c1-3-5-7-8-9-10-15-19-22(26-23)20-16-12-11-14-18-21(24-27-25)17-13-6-4-2/h6-8,10-16,18,20-22,27H,3-5,9,17,19,25H2,1-2H3/b8-7-,12-11-,13-6-,15-10-,18-14+,20-16+/t21-,22+/m0/s1. The molecule has 5 heteroatoms. The summed E-state index contributed by atoms with van der Waals surface area (Å²) in [7, 11) is 3.18. The zero-order valence-corrected chi connectivity index (χ0v) is 19.7. The largest absolute Gasteiger partial charge is 0.351 e. The Morgan fingerprint density at radius 1 is 0.926 bits per heavy atom. The summed E-state index contributed by atoms with van der Waals surface area (Å²) in [6.45, 7) is 4.31. The molecule has 0 aliphatic carbocycles. The summed E-state index contributed by atoms with van der Waals surface area (Å²) in [5, 5.41) is 0. The molecule has 0 radical (unpaired) electrons. The first-order chi connectivity index (χ1) is 13.3. The highest BCUT2D eigenvalue weighted by molar-refractivity contribution is 8.00. The lowest BCUT2D eigenvalue weighted by Gasteiger charge is -2.09. The van der Waals surface area contributed by atoms with E-state index >= 15 is 0 Å². The summed E-state index contributed by atoms with van der Waals surface area (Å²) < 4.78 is 16.9. The summed E-state index contributed by atoms with van der Waals surface area (Å²) in [6.07, 6.45) is 31.0. The van der Waals surface area contributed by atoms with Crippen LogP contribution in [0, 0.1) is 0 Å². The predicted octanol–water partition coefficient (Wildman–Crippen LogP) is 8.13. The minimum absolute atomic E-state index is 0.0306. The number of unbranched alkanes of at least 4 members (excludes halogenated alkanes) is 1. The van der Waals surface area contributed by atoms with Gasteiger partial charge < -0.3 is 4.52 Å². The molecule has 0 saturated heterocycles. The van der Waals surface area contributed by atoms with E-state index in [2.05, 4.69) is 65.3 Å². The molecule has 0 N–H and O–H groups in total. The number of allylic oxidation sites excluding steroid dienone is 10. The van der Waals surface area contributed by atoms with Gasteiger partial charge in [-0.05, 0) is 32.1 Å². The van der Waals surface area contributed by atoms with E-state index in [0.29, 0.717) is 8.50 Å². The first-order valence-corrected chi connectivity index (χ1v) is 13.3. The number of hydrogen-bond donors (Lipinski definition) is 0. The Hall–Kier alpha value is -0.640. The van der Waals surface area contributed by atoms with E-state index in [0.717, 1.165) is 32.1 Å². The van der Waals surface area contributed by atoms with Crippen molar-refractivity contribution >= 4 is 25.9 Å². The van der Waals surface area contributed by atoms with Crippen LogP contribution in [0.3, 0.4) is 0 Å². The maximum atomic E-state index is 11.3. The summed E-state index contributed by atoms with van der Waals surface area (Å²) in [5.41, 5.74) is 0.0306. The summed E-state index contributed by atoms with van der Waals surface area (Å²) >= 11 is 0. The highest BCUT2D eigenvalue weighted by atomic mass is 32.0. The second-order valence-corrected chi connectivity index (χ2v) is 7.97. The van der Waals surface area contributed by atoms with Gasteiger partial charge in [-0.15, -0.1) is 0 Å². The van der Waals surface area contributed by atoms with Crippen LogP contribution in [0.5, 0.6) is 0 Å². The highest BCUT2D eigenvalue weighted by Gasteiger charge is 2.00. The van der Waals surface area contributed by atoms with Crippen LogP contribution >= 0.6 is 25.9 Å². The molecular formula is C22H35O2P3. The van der Waals surface area contributed by atoms with Crippen molar-refractivity contribution < 1.29 is 9.09 Å². The van der Waals surface area contributed by atoms with Gasteiger partial charge in [-0.25, -0.2) is 0 Å². The lowest BCUT2D eigenvalue weighted by Crippen LogP contribution is -2.01. The van der Waals surface area contributed by atoms with Crippen molar-refractivity contribution in [1.82, 2.24) is 0 Å². The van der Waals surface area contributed by atoms with Crippen LogP contribution in [0.1, 0.15) is 52.4 Å². The normalized spacial score (nSPS) is 16.1. The average Bonchev–Trinajstić information content (AvgIpc) is 2.68. The molecule has 27 heavy (non-hydrogen) atoms. The van der Waals surface area contributed by atoms with Crippen molar-refractivity contribution in [1.29, 1.82) is 0 Å². The van der Waals surface area contributed by atoms with Gasteiger partial charge in [0, 0.05) is 8.50 Å². The third kappa shape index (κ3) is 18.5. The second kappa shape index (κ2) is 21.7. The van der Waals surface area contributed by atoms with E-state index in [-0.39, 0.29) is 20.2 Å². The molecule has 0 heterocycles. The molecule has 0 aliphatic rings. The van der Waals surface area contributed by atoms with Gasteiger partial charge in [0.25, 0.3) is 0 Å². The summed E-state index contributed by atoms with van der Waals surface area (Å²) in [6, 6.07) is 0. The maximum Gasteiger partial charge on any atom is 0.163 e. The smallest absolute Gasteiger partial charge is 0.163 e. The van der Waals surface area contributed by atoms with Crippen LogP contribution in [0.4, 0.5) is 0 Å². The fourth-order valence-corrected chi connectivity index (χ4v) is 3.36. The van der Waals surface area contributed by atoms with E-state index in [1.165, 1.54) is 6.42 Å². The zero-order chi connectivity index (χ0) is 20.0. The molecular weight excluding hydrogens is 389 g/mol. The van der Waals surface area contributed by atoms with Gasteiger partial charge in [0.05, 0.1) is 11.8 Å². The van der Waals surface area contributed by atoms with Crippen molar-refractivity contribution in [3.63, 3.8) is 0 Å². The van der Waals surface area contributed by atoms with Gasteiger partial charge in [-0.2, -0.15) is 0 Å². The molecule has 0 saturated carbocycles. The third-order valence-electron chi connectivity index (χ3n) is 3.56. The van der Waals surface area contributed by atoms with Crippen molar-refractivity contribution in [2.45, 2.75) is 64.1 Å². The van der Waals surface area contributed by atoms with Crippen LogP contribution in [0.2, 0.25) is 0 Å². The molecule has 150 valence electrons. The second-order valence-electron chi connectivity index (χ2n) is 5.92. The Bertz CT molecular complexity index is 520. The van der Waals surface area contributed by atoms with E-state index in [1.54, 1.807) is 0 Å². The molecule has 0 spiro atoms. The molecule has 0 rings (SSSR count). The lowest BCUT2D eigenvalue weighted by atomic mass is 10.2. The van der Waals surface area contributed by atoms with Gasteiger partial charge in [-0.3, -0.25) is 4.57 Å². The molecule has 0 fully saturated rings. The topological polar surface area (TPSA) is 26.3 Å². The van der Waals surface area contributed by atoms with Gasteiger partial charge in [-0.1, -0.05) is 102 Å². The Morgan fingerprint density at radius 2 is 1.63 bits per heavy atom. The summed E-state index contributed by atoms with van der Waals surface area (Å²) in [5.74, 6) is 0. The summed E-state index contributed by atoms with van der Waals surface area (Å²) in [4.78, 5) is 0. The fourth-order valence-electron chi connectivity index (χ4n) is 2.11. The Morgan fingerprint density at radius 3 is 2.30 bits per heavy atom. The molecule has 0 aromatic carbocycles. The predicted molar refractivity (Wildman–Crippen MR) is 128 cm³/mol. The highest BCUT2D eigenvalue weighted by Crippen LogP contribution is 2.25. The molecule has 0 bridgehead atoms. The molecule has 4 atom stereocenters. The van der Waals surface area contributed by atoms with E-state index in [4.69, 9.17) is 4.52 Å². The molecule has 0 amide bonds. The fraction of sp³-hybridized carbons (Fsp3) is 0.455. The molecule has 2 unspecified atom stereocenters. The SMILES string of the molecule is CC/C=C\C[C@@H](/C=C/C=C\C=C\[C@@H](C/C=C\C/C=C\CCC)P=O)OPP. The quantitative estimate of drug-likeness (QED) is 0.142. The lowest BCUT2D eigenvalue weighted by molar-refractivity contribution is 0.296. The third-order valence-corrected chi connectivity index (χ3v) is 5.06. The first kappa shape index (κ1) is 26.4. The van der Waals surface area contributed by atoms with Gasteiger partial charge in [0.2, 0.25) is 0 Å². The number of rotatable bonds is 16. The van der Waals surface area contributed by atoms with Gasteiger partial charge >= 0.3 is 0 Å². The van der Waals surface area contributed by atoms with E-state index in [9.17, 15) is 4.57 Å². The van der Waals surface area contributed by atoms with Crippen LogP contribution in [-0.2, 0) is 9.09 Å². The van der Waals surface area contributed by atoms with Crippen LogP contribution < -0.4 is 0 Å². The van der Waals surface area contributed by atoms with Crippen molar-refractivity contribution in [3.05, 3.63) is 72.9 Å². The van der Waals surface area contributed by atoms with Crippen LogP contribution in [0.25, 0.3) is 0 Å². The minimum atomic E-state index is 0.0306. The minimum Gasteiger partial charge on any atom is -0.351 e. The first-order valence-electron chi connectivity index (χ1n) is 9.68. The van der Waals surface area contributed by atoms with Crippen molar-refractivity contribution in [2.24, 2.45) is 0 Å². The Kier molecular flexibility index (Phi) is 21.1. The van der Waals surface area contributed by atoms with Crippen LogP contribution in [-0.4, -0.2) is 11.8 Å². The molecule has 0 aliphatic heterocycles. The van der Waals surface area contributed by atoms with Crippen molar-refractivity contribution in [2.75, 3.05) is 0 Å². The monoisotopic (exact) mass is 424 g/mol. The van der Waals surface area contributed by atoms with Gasteiger partial charge in [0.15, 0.2) is 8.46 Å². The Balaban J connectivity index is 4.26.